The maximum atomic E-state index is 6.21. The molecular formula is C13H12Cl2N2O. The van der Waals surface area contributed by atoms with Crippen molar-refractivity contribution in [2.45, 2.75) is 6.92 Å². The molecule has 5 heteroatoms. The van der Waals surface area contributed by atoms with Crippen LogP contribution in [0.1, 0.15) is 6.92 Å². The number of rotatable bonds is 3. The Labute approximate surface area is 115 Å². The van der Waals surface area contributed by atoms with E-state index in [0.717, 1.165) is 0 Å². The number of nitrogen functional groups attached to an aromatic ring is 1. The van der Waals surface area contributed by atoms with Gasteiger partial charge >= 0.3 is 0 Å². The van der Waals surface area contributed by atoms with Crippen molar-refractivity contribution in [3.8, 4) is 17.0 Å². The highest BCUT2D eigenvalue weighted by Gasteiger charge is 2.12. The molecule has 3 nitrogen and oxygen atoms in total. The predicted octanol–water partition coefficient (Wildman–Crippen LogP) is 4.04. The van der Waals surface area contributed by atoms with Crippen LogP contribution in [-0.2, 0) is 0 Å². The smallest absolute Gasteiger partial charge is 0.139 e. The minimum atomic E-state index is 0.487. The summed E-state index contributed by atoms with van der Waals surface area (Å²) in [5, 5.41) is 0.995. The van der Waals surface area contributed by atoms with Gasteiger partial charge in [0, 0.05) is 17.8 Å². The highest BCUT2D eigenvalue weighted by Crippen LogP contribution is 2.37. The van der Waals surface area contributed by atoms with Crippen molar-refractivity contribution in [2.24, 2.45) is 0 Å². The standard InChI is InChI=1S/C13H12Cl2N2O/c1-2-18-12-7-9(14)8(6-10(12)15)13-11(16)4-3-5-17-13/h3-7H,2,16H2,1H3. The Bertz CT molecular complexity index is 573. The molecule has 1 heterocycles. The molecular weight excluding hydrogens is 271 g/mol. The lowest BCUT2D eigenvalue weighted by molar-refractivity contribution is 0.340. The van der Waals surface area contributed by atoms with Crippen molar-refractivity contribution < 1.29 is 4.74 Å². The highest BCUT2D eigenvalue weighted by atomic mass is 35.5. The van der Waals surface area contributed by atoms with Gasteiger partial charge in [-0.15, -0.1) is 0 Å². The summed E-state index contributed by atoms with van der Waals surface area (Å²) in [6.45, 7) is 2.41. The number of nitrogens with two attached hydrogens (primary N) is 1. The molecule has 0 aliphatic carbocycles. The topological polar surface area (TPSA) is 48.1 Å². The van der Waals surface area contributed by atoms with Crippen LogP contribution in [0.4, 0.5) is 5.69 Å². The number of benzene rings is 1. The van der Waals surface area contributed by atoms with Gasteiger partial charge in [-0.25, -0.2) is 0 Å². The average Bonchev–Trinajstić information content (AvgIpc) is 2.35. The highest BCUT2D eigenvalue weighted by molar-refractivity contribution is 6.36. The van der Waals surface area contributed by atoms with Crippen LogP contribution in [0.25, 0.3) is 11.3 Å². The molecule has 1 aromatic carbocycles. The second-order valence-corrected chi connectivity index (χ2v) is 4.45. The van der Waals surface area contributed by atoms with E-state index in [9.17, 15) is 0 Å². The normalized spacial score (nSPS) is 10.4. The van der Waals surface area contributed by atoms with Gasteiger partial charge in [-0.3, -0.25) is 4.98 Å². The summed E-state index contributed by atoms with van der Waals surface area (Å²) in [6, 6.07) is 6.93. The van der Waals surface area contributed by atoms with Crippen LogP contribution in [0.15, 0.2) is 30.5 Å². The van der Waals surface area contributed by atoms with E-state index >= 15 is 0 Å². The largest absolute Gasteiger partial charge is 0.492 e. The molecule has 2 aromatic rings. The Morgan fingerprint density at radius 1 is 1.28 bits per heavy atom. The molecule has 0 aliphatic rings. The number of hydrogen-bond donors (Lipinski definition) is 1. The quantitative estimate of drug-likeness (QED) is 0.924. The first kappa shape index (κ1) is 13.0. The number of anilines is 1. The third-order valence-corrected chi connectivity index (χ3v) is 3.02. The molecule has 94 valence electrons. The maximum Gasteiger partial charge on any atom is 0.139 e. The lowest BCUT2D eigenvalue weighted by Crippen LogP contribution is -1.96. The second-order valence-electron chi connectivity index (χ2n) is 3.64. The molecule has 2 N–H and O–H groups in total. The number of aromatic nitrogens is 1. The molecule has 0 aliphatic heterocycles. The van der Waals surface area contributed by atoms with E-state index in [1.807, 2.05) is 6.92 Å². The first-order chi connectivity index (χ1) is 8.63. The van der Waals surface area contributed by atoms with E-state index < -0.39 is 0 Å². The summed E-state index contributed by atoms with van der Waals surface area (Å²) >= 11 is 12.3. The number of ether oxygens (including phenoxy) is 1. The van der Waals surface area contributed by atoms with Crippen LogP contribution in [-0.4, -0.2) is 11.6 Å². The number of pyridine rings is 1. The van der Waals surface area contributed by atoms with Crippen molar-refractivity contribution in [3.63, 3.8) is 0 Å². The summed E-state index contributed by atoms with van der Waals surface area (Å²) in [4.78, 5) is 4.22. The van der Waals surface area contributed by atoms with Crippen LogP contribution in [0.5, 0.6) is 5.75 Å². The van der Waals surface area contributed by atoms with E-state index in [-0.39, 0.29) is 0 Å². The van der Waals surface area contributed by atoms with Gasteiger partial charge in [0.15, 0.2) is 0 Å². The zero-order chi connectivity index (χ0) is 13.1. The van der Waals surface area contributed by atoms with Gasteiger partial charge in [0.1, 0.15) is 5.75 Å². The molecule has 0 unspecified atom stereocenters. The predicted molar refractivity (Wildman–Crippen MR) is 75.3 cm³/mol. The van der Waals surface area contributed by atoms with Crippen molar-refractivity contribution in [1.29, 1.82) is 0 Å². The monoisotopic (exact) mass is 282 g/mol. The van der Waals surface area contributed by atoms with Gasteiger partial charge in [0.25, 0.3) is 0 Å². The Kier molecular flexibility index (Phi) is 3.94. The van der Waals surface area contributed by atoms with Crippen molar-refractivity contribution >= 4 is 28.9 Å². The minimum absolute atomic E-state index is 0.487. The van der Waals surface area contributed by atoms with Gasteiger partial charge in [-0.05, 0) is 25.1 Å². The zero-order valence-electron chi connectivity index (χ0n) is 9.78. The summed E-state index contributed by atoms with van der Waals surface area (Å²) < 4.78 is 5.37. The minimum Gasteiger partial charge on any atom is -0.492 e. The van der Waals surface area contributed by atoms with Crippen molar-refractivity contribution in [1.82, 2.24) is 4.98 Å². The Morgan fingerprint density at radius 3 is 2.72 bits per heavy atom. The van der Waals surface area contributed by atoms with Crippen LogP contribution < -0.4 is 10.5 Å². The molecule has 1 aromatic heterocycles. The van der Waals surface area contributed by atoms with E-state index in [4.69, 9.17) is 33.7 Å². The molecule has 0 radical (unpaired) electrons. The fourth-order valence-electron chi connectivity index (χ4n) is 1.62. The molecule has 0 saturated heterocycles. The fourth-order valence-corrected chi connectivity index (χ4v) is 2.08. The summed E-state index contributed by atoms with van der Waals surface area (Å²) in [6.07, 6.45) is 1.66. The Balaban J connectivity index is 2.53. The molecule has 0 spiro atoms. The maximum absolute atomic E-state index is 6.21. The molecule has 0 saturated carbocycles. The third kappa shape index (κ3) is 2.52. The van der Waals surface area contributed by atoms with E-state index in [2.05, 4.69) is 4.98 Å². The molecule has 0 bridgehead atoms. The molecule has 0 amide bonds. The molecule has 0 fully saturated rings. The average molecular weight is 283 g/mol. The Hall–Kier alpha value is -1.45. The number of nitrogens with zero attached hydrogens (tertiary/aromatic N) is 1. The number of hydrogen-bond acceptors (Lipinski definition) is 3. The van der Waals surface area contributed by atoms with E-state index in [1.54, 1.807) is 30.5 Å². The van der Waals surface area contributed by atoms with Gasteiger partial charge < -0.3 is 10.5 Å². The Morgan fingerprint density at radius 2 is 2.06 bits per heavy atom. The van der Waals surface area contributed by atoms with Crippen LogP contribution in [0.3, 0.4) is 0 Å². The van der Waals surface area contributed by atoms with Crippen molar-refractivity contribution in [3.05, 3.63) is 40.5 Å². The third-order valence-electron chi connectivity index (χ3n) is 2.42. The summed E-state index contributed by atoms with van der Waals surface area (Å²) in [7, 11) is 0. The molecule has 0 atom stereocenters. The van der Waals surface area contributed by atoms with Crippen LogP contribution in [0.2, 0.25) is 10.0 Å². The summed E-state index contributed by atoms with van der Waals surface area (Å²) in [5.74, 6) is 0.558. The van der Waals surface area contributed by atoms with Gasteiger partial charge in [-0.1, -0.05) is 23.2 Å². The van der Waals surface area contributed by atoms with E-state index in [0.29, 0.717) is 39.3 Å². The van der Waals surface area contributed by atoms with Crippen LogP contribution >= 0.6 is 23.2 Å². The van der Waals surface area contributed by atoms with Gasteiger partial charge in [0.2, 0.25) is 0 Å². The summed E-state index contributed by atoms with van der Waals surface area (Å²) in [5.41, 5.74) is 7.74. The first-order valence-electron chi connectivity index (χ1n) is 5.46. The lowest BCUT2D eigenvalue weighted by atomic mass is 10.1. The van der Waals surface area contributed by atoms with Crippen molar-refractivity contribution in [2.75, 3.05) is 12.3 Å². The SMILES string of the molecule is CCOc1cc(Cl)c(-c2ncccc2N)cc1Cl. The molecule has 2 rings (SSSR count). The first-order valence-corrected chi connectivity index (χ1v) is 6.21. The molecule has 18 heavy (non-hydrogen) atoms. The van der Waals surface area contributed by atoms with Crippen LogP contribution in [0, 0.1) is 0 Å². The lowest BCUT2D eigenvalue weighted by Gasteiger charge is -2.11. The van der Waals surface area contributed by atoms with E-state index in [1.165, 1.54) is 0 Å². The fraction of sp³-hybridized carbons (Fsp3) is 0.154. The second kappa shape index (κ2) is 5.46. The van der Waals surface area contributed by atoms with Gasteiger partial charge in [0.05, 0.1) is 28.0 Å². The zero-order valence-corrected chi connectivity index (χ0v) is 11.3. The van der Waals surface area contributed by atoms with Gasteiger partial charge in [-0.2, -0.15) is 0 Å². The number of halogens is 2.